The Balaban J connectivity index is 2.09. The number of nitrogens with zero attached hydrogens (tertiary/aromatic N) is 4. The van der Waals surface area contributed by atoms with Gasteiger partial charge in [-0.3, -0.25) is 0 Å². The summed E-state index contributed by atoms with van der Waals surface area (Å²) in [5.41, 5.74) is 9.13. The summed E-state index contributed by atoms with van der Waals surface area (Å²) < 4.78 is 25.7. The van der Waals surface area contributed by atoms with E-state index in [-0.39, 0.29) is 12.6 Å². The zero-order valence-electron chi connectivity index (χ0n) is 8.68. The maximum absolute atomic E-state index is 13.0. The van der Waals surface area contributed by atoms with Gasteiger partial charge in [0.05, 0.1) is 12.3 Å². The Bertz CT molecular complexity index is 511. The smallest absolute Gasteiger partial charge is 0.159 e. The maximum atomic E-state index is 13.0. The summed E-state index contributed by atoms with van der Waals surface area (Å²) in [6, 6.07) is 3.53. The second-order valence-electron chi connectivity index (χ2n) is 3.51. The lowest BCUT2D eigenvalue weighted by Crippen LogP contribution is -2.11. The molecule has 1 atom stereocenters. The molecule has 0 saturated carbocycles. The van der Waals surface area contributed by atoms with Crippen molar-refractivity contribution in [3.05, 3.63) is 45.8 Å². The van der Waals surface area contributed by atoms with E-state index in [4.69, 9.17) is 10.4 Å². The lowest BCUT2D eigenvalue weighted by Gasteiger charge is -2.02. The third-order valence-electron chi connectivity index (χ3n) is 2.33. The molecule has 0 N–H and O–H groups in total. The first-order valence-corrected chi connectivity index (χ1v) is 4.89. The van der Waals surface area contributed by atoms with Crippen LogP contribution in [0.2, 0.25) is 0 Å². The highest BCUT2D eigenvalue weighted by molar-refractivity contribution is 6.01. The fourth-order valence-corrected chi connectivity index (χ4v) is 1.50. The van der Waals surface area contributed by atoms with E-state index in [9.17, 15) is 8.78 Å². The zero-order chi connectivity index (χ0) is 12.3. The summed E-state index contributed by atoms with van der Waals surface area (Å²) in [5, 5.41) is 7.12. The van der Waals surface area contributed by atoms with Crippen molar-refractivity contribution in [2.24, 2.45) is 10.3 Å². The summed E-state index contributed by atoms with van der Waals surface area (Å²) in [7, 11) is 0. The van der Waals surface area contributed by atoms with E-state index in [1.165, 1.54) is 6.07 Å². The third kappa shape index (κ3) is 2.51. The zero-order valence-corrected chi connectivity index (χ0v) is 8.68. The molecule has 5 nitrogen and oxygen atoms in total. The number of hydrogen-bond donors (Lipinski definition) is 0. The first-order chi connectivity index (χ1) is 8.20. The molecule has 1 aromatic carbocycles. The minimum atomic E-state index is -0.927. The van der Waals surface area contributed by atoms with E-state index in [0.29, 0.717) is 17.7 Å². The molecule has 17 heavy (non-hydrogen) atoms. The van der Waals surface area contributed by atoms with Crippen molar-refractivity contribution in [1.82, 2.24) is 0 Å². The normalized spacial score (nSPS) is 18.2. The summed E-state index contributed by atoms with van der Waals surface area (Å²) in [6.07, 6.45) is 0.0680. The van der Waals surface area contributed by atoms with E-state index in [1.54, 1.807) is 0 Å². The van der Waals surface area contributed by atoms with Gasteiger partial charge in [-0.2, -0.15) is 0 Å². The van der Waals surface area contributed by atoms with E-state index in [2.05, 4.69) is 15.2 Å². The number of rotatable bonds is 3. The van der Waals surface area contributed by atoms with Gasteiger partial charge in [-0.15, -0.1) is 0 Å². The molecule has 0 radical (unpaired) electrons. The van der Waals surface area contributed by atoms with Crippen molar-refractivity contribution in [3.8, 4) is 0 Å². The monoisotopic (exact) mass is 238 g/mol. The molecule has 1 aromatic rings. The van der Waals surface area contributed by atoms with Crippen LogP contribution in [0.15, 0.2) is 28.5 Å². The fourth-order valence-electron chi connectivity index (χ4n) is 1.50. The number of hydrogen-bond acceptors (Lipinski definition) is 3. The Morgan fingerprint density at radius 2 is 2.29 bits per heavy atom. The van der Waals surface area contributed by atoms with Crippen LogP contribution in [0.25, 0.3) is 10.4 Å². The topological polar surface area (TPSA) is 70.4 Å². The van der Waals surface area contributed by atoms with Gasteiger partial charge in [-0.1, -0.05) is 10.3 Å². The second-order valence-corrected chi connectivity index (χ2v) is 3.51. The number of azide groups is 1. The van der Waals surface area contributed by atoms with E-state index >= 15 is 0 Å². The van der Waals surface area contributed by atoms with E-state index in [1.807, 2.05) is 0 Å². The molecule has 0 fully saturated rings. The van der Waals surface area contributed by atoms with Crippen LogP contribution in [-0.2, 0) is 4.84 Å². The molecular weight excluding hydrogens is 230 g/mol. The molecule has 0 amide bonds. The Labute approximate surface area is 95.3 Å². The highest BCUT2D eigenvalue weighted by atomic mass is 19.2. The van der Waals surface area contributed by atoms with Gasteiger partial charge in [0.2, 0.25) is 0 Å². The van der Waals surface area contributed by atoms with Gasteiger partial charge >= 0.3 is 0 Å². The van der Waals surface area contributed by atoms with Crippen LogP contribution in [0.4, 0.5) is 8.78 Å². The van der Waals surface area contributed by atoms with Gasteiger partial charge in [0, 0.05) is 16.9 Å². The molecule has 0 bridgehead atoms. The van der Waals surface area contributed by atoms with Crippen LogP contribution in [0.1, 0.15) is 12.0 Å². The molecular formula is C10H8F2N4O. The van der Waals surface area contributed by atoms with Crippen LogP contribution < -0.4 is 0 Å². The Hall–Kier alpha value is -2.14. The summed E-state index contributed by atoms with van der Waals surface area (Å²) in [5.74, 6) is -1.83. The van der Waals surface area contributed by atoms with Crippen molar-refractivity contribution in [1.29, 1.82) is 0 Å². The Morgan fingerprint density at radius 1 is 1.47 bits per heavy atom. The molecule has 0 saturated heterocycles. The maximum Gasteiger partial charge on any atom is 0.159 e. The van der Waals surface area contributed by atoms with Crippen molar-refractivity contribution in [2.75, 3.05) is 6.54 Å². The van der Waals surface area contributed by atoms with E-state index < -0.39 is 11.6 Å². The highest BCUT2D eigenvalue weighted by Gasteiger charge is 2.22. The fraction of sp³-hybridized carbons (Fsp3) is 0.300. The molecule has 0 spiro atoms. The molecule has 0 aliphatic carbocycles. The SMILES string of the molecule is [N-]=[N+]=NCC1CC(c2ccc(F)c(F)c2)=NO1. The lowest BCUT2D eigenvalue weighted by molar-refractivity contribution is 0.0919. The molecule has 88 valence electrons. The lowest BCUT2D eigenvalue weighted by atomic mass is 10.0. The molecule has 1 aliphatic rings. The largest absolute Gasteiger partial charge is 0.392 e. The predicted molar refractivity (Wildman–Crippen MR) is 56.4 cm³/mol. The first kappa shape index (κ1) is 11.3. The van der Waals surface area contributed by atoms with Crippen molar-refractivity contribution < 1.29 is 13.6 Å². The van der Waals surface area contributed by atoms with E-state index in [0.717, 1.165) is 12.1 Å². The first-order valence-electron chi connectivity index (χ1n) is 4.89. The highest BCUT2D eigenvalue weighted by Crippen LogP contribution is 2.18. The van der Waals surface area contributed by atoms with Crippen LogP contribution in [0.5, 0.6) is 0 Å². The van der Waals surface area contributed by atoms with Crippen LogP contribution in [-0.4, -0.2) is 18.4 Å². The number of halogens is 2. The predicted octanol–water partition coefficient (Wildman–Crippen LogP) is 2.77. The van der Waals surface area contributed by atoms with Crippen LogP contribution in [0, 0.1) is 11.6 Å². The van der Waals surface area contributed by atoms with Crippen molar-refractivity contribution >= 4 is 5.71 Å². The third-order valence-corrected chi connectivity index (χ3v) is 2.33. The minimum absolute atomic E-state index is 0.160. The molecule has 1 unspecified atom stereocenters. The average molecular weight is 238 g/mol. The van der Waals surface area contributed by atoms with Crippen LogP contribution >= 0.6 is 0 Å². The Morgan fingerprint density at radius 3 is 3.00 bits per heavy atom. The van der Waals surface area contributed by atoms with Gasteiger partial charge in [0.25, 0.3) is 0 Å². The molecule has 0 aromatic heterocycles. The summed E-state index contributed by atoms with van der Waals surface area (Å²) >= 11 is 0. The number of oxime groups is 1. The van der Waals surface area contributed by atoms with Gasteiger partial charge in [0.1, 0.15) is 6.10 Å². The summed E-state index contributed by atoms with van der Waals surface area (Å²) in [6.45, 7) is 0.160. The molecule has 7 heteroatoms. The van der Waals surface area contributed by atoms with Crippen molar-refractivity contribution in [3.63, 3.8) is 0 Å². The van der Waals surface area contributed by atoms with Gasteiger partial charge in [-0.05, 0) is 23.7 Å². The second kappa shape index (κ2) is 4.80. The minimum Gasteiger partial charge on any atom is -0.392 e. The molecule has 2 rings (SSSR count). The Kier molecular flexibility index (Phi) is 3.20. The van der Waals surface area contributed by atoms with Crippen LogP contribution in [0.3, 0.4) is 0 Å². The van der Waals surface area contributed by atoms with Gasteiger partial charge in [0.15, 0.2) is 11.6 Å². The average Bonchev–Trinajstić information content (AvgIpc) is 2.79. The molecule has 1 aliphatic heterocycles. The molecule has 1 heterocycles. The number of benzene rings is 1. The van der Waals surface area contributed by atoms with Gasteiger partial charge < -0.3 is 4.84 Å². The summed E-state index contributed by atoms with van der Waals surface area (Å²) in [4.78, 5) is 7.61. The van der Waals surface area contributed by atoms with Crippen molar-refractivity contribution in [2.45, 2.75) is 12.5 Å². The quantitative estimate of drug-likeness (QED) is 0.453. The van der Waals surface area contributed by atoms with Gasteiger partial charge in [-0.25, -0.2) is 8.78 Å². The standard InChI is InChI=1S/C10H8F2N4O/c11-8-2-1-6(3-9(8)12)10-4-7(17-15-10)5-14-16-13/h1-3,7H,4-5H2.